The molecule has 0 aromatic carbocycles. The summed E-state index contributed by atoms with van der Waals surface area (Å²) in [4.78, 5) is 0. The van der Waals surface area contributed by atoms with Crippen LogP contribution in [0.4, 0.5) is 0 Å². The fourth-order valence-electron chi connectivity index (χ4n) is 1.94. The zero-order chi connectivity index (χ0) is 9.80. The standard InChI is InChI=1S/C10H14N4/c11-5-1-9-4-8-13-14(9)10-2-6-12-7-3-10/h4,8,10,12H,1-3,6-7H2. The van der Waals surface area contributed by atoms with Gasteiger partial charge in [0.05, 0.1) is 24.2 Å². The molecule has 74 valence electrons. The summed E-state index contributed by atoms with van der Waals surface area (Å²) >= 11 is 0. The van der Waals surface area contributed by atoms with E-state index in [0.717, 1.165) is 31.6 Å². The second-order valence-electron chi connectivity index (χ2n) is 3.58. The average molecular weight is 190 g/mol. The molecule has 0 spiro atoms. The van der Waals surface area contributed by atoms with Crippen molar-refractivity contribution in [2.75, 3.05) is 13.1 Å². The van der Waals surface area contributed by atoms with Crippen molar-refractivity contribution in [1.82, 2.24) is 15.1 Å². The third kappa shape index (κ3) is 1.78. The maximum absolute atomic E-state index is 8.66. The van der Waals surface area contributed by atoms with E-state index >= 15 is 0 Å². The lowest BCUT2D eigenvalue weighted by atomic mass is 10.1. The Labute approximate surface area is 83.5 Å². The van der Waals surface area contributed by atoms with Gasteiger partial charge in [-0.25, -0.2) is 0 Å². The van der Waals surface area contributed by atoms with Gasteiger partial charge in [0.1, 0.15) is 0 Å². The average Bonchev–Trinajstić information content (AvgIpc) is 2.68. The first-order valence-electron chi connectivity index (χ1n) is 5.02. The lowest BCUT2D eigenvalue weighted by Gasteiger charge is -2.24. The van der Waals surface area contributed by atoms with Crippen LogP contribution in [0.2, 0.25) is 0 Å². The molecule has 1 aliphatic heterocycles. The highest BCUT2D eigenvalue weighted by Crippen LogP contribution is 2.19. The van der Waals surface area contributed by atoms with Crippen molar-refractivity contribution in [2.45, 2.75) is 25.3 Å². The van der Waals surface area contributed by atoms with E-state index in [1.807, 2.05) is 10.7 Å². The van der Waals surface area contributed by atoms with Crippen LogP contribution in [0.3, 0.4) is 0 Å². The summed E-state index contributed by atoms with van der Waals surface area (Å²) in [7, 11) is 0. The Morgan fingerprint density at radius 1 is 1.57 bits per heavy atom. The van der Waals surface area contributed by atoms with Gasteiger partial charge in [0.25, 0.3) is 0 Å². The number of nitrogens with one attached hydrogen (secondary N) is 1. The number of nitrogens with zero attached hydrogens (tertiary/aromatic N) is 3. The molecule has 0 amide bonds. The van der Waals surface area contributed by atoms with E-state index in [2.05, 4.69) is 16.5 Å². The third-order valence-corrected chi connectivity index (χ3v) is 2.67. The monoisotopic (exact) mass is 190 g/mol. The molecule has 1 aromatic heterocycles. The minimum atomic E-state index is 0.462. The van der Waals surface area contributed by atoms with Gasteiger partial charge in [-0.3, -0.25) is 4.68 Å². The van der Waals surface area contributed by atoms with E-state index in [0.29, 0.717) is 12.5 Å². The van der Waals surface area contributed by atoms with Crippen molar-refractivity contribution in [3.8, 4) is 6.07 Å². The van der Waals surface area contributed by atoms with E-state index in [4.69, 9.17) is 5.26 Å². The molecule has 4 heteroatoms. The Balaban J connectivity index is 2.13. The fourth-order valence-corrected chi connectivity index (χ4v) is 1.94. The van der Waals surface area contributed by atoms with E-state index in [1.54, 1.807) is 6.20 Å². The maximum Gasteiger partial charge on any atom is 0.0771 e. The van der Waals surface area contributed by atoms with Crippen molar-refractivity contribution in [1.29, 1.82) is 5.26 Å². The van der Waals surface area contributed by atoms with Crippen LogP contribution in [0.15, 0.2) is 12.3 Å². The van der Waals surface area contributed by atoms with Crippen LogP contribution in [-0.2, 0) is 6.42 Å². The molecular weight excluding hydrogens is 176 g/mol. The summed E-state index contributed by atoms with van der Waals surface area (Å²) in [6.07, 6.45) is 4.47. The molecule has 14 heavy (non-hydrogen) atoms. The quantitative estimate of drug-likeness (QED) is 0.753. The van der Waals surface area contributed by atoms with E-state index < -0.39 is 0 Å². The molecule has 2 heterocycles. The van der Waals surface area contributed by atoms with Crippen molar-refractivity contribution in [2.24, 2.45) is 0 Å². The van der Waals surface area contributed by atoms with Crippen molar-refractivity contribution in [3.63, 3.8) is 0 Å². The molecule has 1 saturated heterocycles. The molecule has 1 aliphatic rings. The lowest BCUT2D eigenvalue weighted by Crippen LogP contribution is -2.30. The Morgan fingerprint density at radius 3 is 3.07 bits per heavy atom. The number of hydrogen-bond acceptors (Lipinski definition) is 3. The molecule has 1 aromatic rings. The summed E-state index contributed by atoms with van der Waals surface area (Å²) in [5, 5.41) is 16.3. The van der Waals surface area contributed by atoms with Crippen LogP contribution >= 0.6 is 0 Å². The van der Waals surface area contributed by atoms with Gasteiger partial charge in [0, 0.05) is 6.20 Å². The van der Waals surface area contributed by atoms with E-state index in [-0.39, 0.29) is 0 Å². The minimum Gasteiger partial charge on any atom is -0.317 e. The normalized spacial score (nSPS) is 17.9. The van der Waals surface area contributed by atoms with Gasteiger partial charge in [-0.1, -0.05) is 0 Å². The molecule has 0 radical (unpaired) electrons. The first kappa shape index (κ1) is 9.22. The summed E-state index contributed by atoms with van der Waals surface area (Å²) < 4.78 is 2.02. The van der Waals surface area contributed by atoms with Crippen molar-refractivity contribution in [3.05, 3.63) is 18.0 Å². The SMILES string of the molecule is N#CCc1ccnn1C1CCNCC1. The molecule has 0 saturated carbocycles. The first-order chi connectivity index (χ1) is 6.92. The zero-order valence-corrected chi connectivity index (χ0v) is 8.11. The van der Waals surface area contributed by atoms with Gasteiger partial charge in [-0.05, 0) is 32.0 Å². The molecule has 1 N–H and O–H groups in total. The largest absolute Gasteiger partial charge is 0.317 e. The van der Waals surface area contributed by atoms with Crippen LogP contribution in [-0.4, -0.2) is 22.9 Å². The topological polar surface area (TPSA) is 53.6 Å². The Morgan fingerprint density at radius 2 is 2.36 bits per heavy atom. The highest BCUT2D eigenvalue weighted by molar-refractivity contribution is 5.07. The molecule has 0 atom stereocenters. The highest BCUT2D eigenvalue weighted by Gasteiger charge is 2.17. The summed E-state index contributed by atoms with van der Waals surface area (Å²) in [6.45, 7) is 2.10. The van der Waals surface area contributed by atoms with E-state index in [9.17, 15) is 0 Å². The van der Waals surface area contributed by atoms with Crippen molar-refractivity contribution >= 4 is 0 Å². The highest BCUT2D eigenvalue weighted by atomic mass is 15.3. The Hall–Kier alpha value is -1.34. The summed E-state index contributed by atoms with van der Waals surface area (Å²) in [5.74, 6) is 0. The molecule has 0 unspecified atom stereocenters. The summed E-state index contributed by atoms with van der Waals surface area (Å²) in [5.41, 5.74) is 1.04. The molecule has 0 aliphatic carbocycles. The molecular formula is C10H14N4. The maximum atomic E-state index is 8.66. The summed E-state index contributed by atoms with van der Waals surface area (Å²) in [6, 6.07) is 4.59. The van der Waals surface area contributed by atoms with E-state index in [1.165, 1.54) is 0 Å². The predicted octanol–water partition coefficient (Wildman–Crippen LogP) is 0.874. The van der Waals surface area contributed by atoms with Crippen LogP contribution < -0.4 is 5.32 Å². The Bertz CT molecular complexity index is 330. The van der Waals surface area contributed by atoms with Crippen LogP contribution in [0.25, 0.3) is 0 Å². The number of hydrogen-bond donors (Lipinski definition) is 1. The smallest absolute Gasteiger partial charge is 0.0771 e. The molecule has 4 nitrogen and oxygen atoms in total. The van der Waals surface area contributed by atoms with Gasteiger partial charge < -0.3 is 5.32 Å². The van der Waals surface area contributed by atoms with Crippen LogP contribution in [0.1, 0.15) is 24.6 Å². The van der Waals surface area contributed by atoms with Crippen LogP contribution in [0.5, 0.6) is 0 Å². The molecule has 1 fully saturated rings. The lowest BCUT2D eigenvalue weighted by molar-refractivity contribution is 0.337. The van der Waals surface area contributed by atoms with Gasteiger partial charge in [-0.2, -0.15) is 10.4 Å². The van der Waals surface area contributed by atoms with Gasteiger partial charge in [0.15, 0.2) is 0 Å². The van der Waals surface area contributed by atoms with Gasteiger partial charge in [0.2, 0.25) is 0 Å². The second-order valence-corrected chi connectivity index (χ2v) is 3.58. The van der Waals surface area contributed by atoms with Crippen LogP contribution in [0, 0.1) is 11.3 Å². The number of piperidine rings is 1. The van der Waals surface area contributed by atoms with Gasteiger partial charge in [-0.15, -0.1) is 0 Å². The fraction of sp³-hybridized carbons (Fsp3) is 0.600. The molecule has 2 rings (SSSR count). The Kier molecular flexibility index (Phi) is 2.80. The minimum absolute atomic E-state index is 0.462. The first-order valence-corrected chi connectivity index (χ1v) is 5.02. The number of rotatable bonds is 2. The van der Waals surface area contributed by atoms with Gasteiger partial charge >= 0.3 is 0 Å². The third-order valence-electron chi connectivity index (χ3n) is 2.67. The second kappa shape index (κ2) is 4.25. The number of aromatic nitrogens is 2. The molecule has 0 bridgehead atoms. The van der Waals surface area contributed by atoms with Crippen molar-refractivity contribution < 1.29 is 0 Å². The predicted molar refractivity (Wildman–Crippen MR) is 52.7 cm³/mol. The zero-order valence-electron chi connectivity index (χ0n) is 8.11. The number of nitriles is 1.